The molecule has 12 heteroatoms. The van der Waals surface area contributed by atoms with Crippen molar-refractivity contribution >= 4 is 27.0 Å². The van der Waals surface area contributed by atoms with Crippen LogP contribution >= 0.6 is 0 Å². The van der Waals surface area contributed by atoms with E-state index in [0.29, 0.717) is 30.1 Å². The Bertz CT molecular complexity index is 1260. The Labute approximate surface area is 210 Å². The molecule has 1 aliphatic carbocycles. The highest BCUT2D eigenvalue weighted by Gasteiger charge is 2.26. The van der Waals surface area contributed by atoms with Gasteiger partial charge in [0, 0.05) is 24.8 Å². The maximum Gasteiger partial charge on any atom is 0.240 e. The minimum Gasteiger partial charge on any atom is -0.394 e. The molecule has 0 unspecified atom stereocenters. The Morgan fingerprint density at radius 2 is 1.89 bits per heavy atom. The van der Waals surface area contributed by atoms with Crippen LogP contribution in [0.1, 0.15) is 51.5 Å². The van der Waals surface area contributed by atoms with Crippen LogP contribution in [0.15, 0.2) is 35.4 Å². The van der Waals surface area contributed by atoms with Gasteiger partial charge in [-0.15, -0.1) is 0 Å². The van der Waals surface area contributed by atoms with Crippen LogP contribution < -0.4 is 10.0 Å². The highest BCUT2D eigenvalue weighted by Crippen LogP contribution is 2.34. The lowest BCUT2D eigenvalue weighted by Gasteiger charge is -2.25. The molecule has 0 aliphatic heterocycles. The van der Waals surface area contributed by atoms with Crippen molar-refractivity contribution in [2.75, 3.05) is 25.0 Å². The van der Waals surface area contributed by atoms with Gasteiger partial charge in [-0.3, -0.25) is 0 Å². The second kappa shape index (κ2) is 11.6. The second-order valence-corrected chi connectivity index (χ2v) is 10.9. The second-order valence-electron chi connectivity index (χ2n) is 9.18. The zero-order chi connectivity index (χ0) is 25.7. The first kappa shape index (κ1) is 26.4. The molecule has 0 bridgehead atoms. The molecule has 196 valence electrons. The summed E-state index contributed by atoms with van der Waals surface area (Å²) >= 11 is 0. The van der Waals surface area contributed by atoms with Crippen molar-refractivity contribution in [3.63, 3.8) is 0 Å². The Morgan fingerprint density at radius 3 is 2.56 bits per heavy atom. The van der Waals surface area contributed by atoms with Crippen LogP contribution in [0.3, 0.4) is 0 Å². The predicted molar refractivity (Wildman–Crippen MR) is 136 cm³/mol. The molecule has 0 radical (unpaired) electrons. The molecule has 36 heavy (non-hydrogen) atoms. The summed E-state index contributed by atoms with van der Waals surface area (Å²) in [6.45, 7) is 2.08. The number of unbranched alkanes of at least 4 members (excludes halogenated alkanes) is 1. The van der Waals surface area contributed by atoms with E-state index in [0.717, 1.165) is 43.2 Å². The maximum absolute atomic E-state index is 12.5. The molecule has 1 saturated carbocycles. The minimum atomic E-state index is -3.84. The van der Waals surface area contributed by atoms with Gasteiger partial charge in [-0.05, 0) is 44.2 Å². The van der Waals surface area contributed by atoms with Gasteiger partial charge in [0.15, 0.2) is 5.65 Å². The third-order valence-corrected chi connectivity index (χ3v) is 7.87. The number of benzene rings is 1. The number of rotatable bonds is 11. The van der Waals surface area contributed by atoms with Gasteiger partial charge < -0.3 is 20.6 Å². The molecular weight excluding hydrogens is 484 g/mol. The fourth-order valence-electron chi connectivity index (χ4n) is 4.30. The van der Waals surface area contributed by atoms with Gasteiger partial charge in [0.05, 0.1) is 35.1 Å². The molecule has 1 atom stereocenters. The smallest absolute Gasteiger partial charge is 0.240 e. The zero-order valence-corrected chi connectivity index (χ0v) is 21.2. The third kappa shape index (κ3) is 6.01. The lowest BCUT2D eigenvalue weighted by Crippen LogP contribution is -2.33. The molecule has 0 amide bonds. The number of fused-ring (bicyclic) bond motifs is 1. The number of anilines is 1. The van der Waals surface area contributed by atoms with E-state index < -0.39 is 22.7 Å². The molecule has 11 nitrogen and oxygen atoms in total. The SMILES string of the molecule is CCCCNc1ncc2c(-c3ccc(S(=O)(=O)NC[C@@H](O)CO)cc3)nn([C@H]3CC[C@H](O)CC3)c2n1. The van der Waals surface area contributed by atoms with E-state index in [1.165, 1.54) is 12.1 Å². The minimum absolute atomic E-state index is 0.0417. The predicted octanol–water partition coefficient (Wildman–Crippen LogP) is 1.81. The standard InChI is InChI=1S/C24H34N6O5S/c1-2-3-12-25-24-26-14-21-22(29-30(23(21)28-24)17-6-8-18(32)9-7-17)16-4-10-20(11-5-16)36(34,35)27-13-19(33)15-31/h4-5,10-11,14,17-19,27,31-33H,2-3,6-9,12-13,15H2,1H3,(H,25,26,28)/t17-,18-,19-/m1/s1. The van der Waals surface area contributed by atoms with Crippen molar-refractivity contribution in [1.82, 2.24) is 24.5 Å². The average molecular weight is 519 g/mol. The molecule has 3 aromatic rings. The van der Waals surface area contributed by atoms with Gasteiger partial charge in [-0.1, -0.05) is 25.5 Å². The number of nitrogens with one attached hydrogen (secondary N) is 2. The summed E-state index contributed by atoms with van der Waals surface area (Å²) in [5.41, 5.74) is 2.08. The summed E-state index contributed by atoms with van der Waals surface area (Å²) in [4.78, 5) is 9.28. The van der Waals surface area contributed by atoms with E-state index in [-0.39, 0.29) is 23.6 Å². The van der Waals surface area contributed by atoms with Crippen LogP contribution in [0.2, 0.25) is 0 Å². The monoisotopic (exact) mass is 518 g/mol. The number of hydrogen-bond acceptors (Lipinski definition) is 9. The van der Waals surface area contributed by atoms with E-state index in [2.05, 4.69) is 21.9 Å². The van der Waals surface area contributed by atoms with Gasteiger partial charge in [0.25, 0.3) is 0 Å². The van der Waals surface area contributed by atoms with Gasteiger partial charge in [-0.25, -0.2) is 22.8 Å². The fourth-order valence-corrected chi connectivity index (χ4v) is 5.37. The topological polar surface area (TPSA) is 162 Å². The van der Waals surface area contributed by atoms with Crippen LogP contribution in [0, 0.1) is 0 Å². The van der Waals surface area contributed by atoms with E-state index >= 15 is 0 Å². The lowest BCUT2D eigenvalue weighted by atomic mass is 9.93. The molecule has 1 aromatic carbocycles. The highest BCUT2D eigenvalue weighted by atomic mass is 32.2. The van der Waals surface area contributed by atoms with Gasteiger partial charge in [0.2, 0.25) is 16.0 Å². The summed E-state index contributed by atoms with van der Waals surface area (Å²) in [5, 5.41) is 37.2. The Balaban J connectivity index is 1.66. The number of nitrogens with zero attached hydrogens (tertiary/aromatic N) is 4. The number of sulfonamides is 1. The van der Waals surface area contributed by atoms with Crippen LogP contribution in [0.5, 0.6) is 0 Å². The summed E-state index contributed by atoms with van der Waals surface area (Å²) in [5.74, 6) is 0.539. The van der Waals surface area contributed by atoms with Crippen LogP contribution in [-0.2, 0) is 10.0 Å². The largest absolute Gasteiger partial charge is 0.394 e. The normalized spacial score (nSPS) is 19.4. The van der Waals surface area contributed by atoms with Crippen molar-refractivity contribution in [2.24, 2.45) is 0 Å². The summed E-state index contributed by atoms with van der Waals surface area (Å²) in [7, 11) is -3.84. The van der Waals surface area contributed by atoms with E-state index in [4.69, 9.17) is 15.2 Å². The first-order valence-electron chi connectivity index (χ1n) is 12.4. The van der Waals surface area contributed by atoms with Crippen LogP contribution in [0.4, 0.5) is 5.95 Å². The highest BCUT2D eigenvalue weighted by molar-refractivity contribution is 7.89. The van der Waals surface area contributed by atoms with Gasteiger partial charge in [-0.2, -0.15) is 10.1 Å². The maximum atomic E-state index is 12.5. The summed E-state index contributed by atoms with van der Waals surface area (Å²) in [6, 6.07) is 6.42. The molecule has 2 aromatic heterocycles. The van der Waals surface area contributed by atoms with E-state index in [9.17, 15) is 18.6 Å². The number of aliphatic hydroxyl groups is 3. The quantitative estimate of drug-likeness (QED) is 0.238. The summed E-state index contributed by atoms with van der Waals surface area (Å²) < 4.78 is 29.3. The average Bonchev–Trinajstić information content (AvgIpc) is 3.27. The Kier molecular flexibility index (Phi) is 8.52. The van der Waals surface area contributed by atoms with E-state index in [1.807, 2.05) is 4.68 Å². The lowest BCUT2D eigenvalue weighted by molar-refractivity contribution is 0.0988. The first-order chi connectivity index (χ1) is 17.3. The third-order valence-electron chi connectivity index (χ3n) is 6.43. The van der Waals surface area contributed by atoms with Gasteiger partial charge in [0.1, 0.15) is 5.69 Å². The number of hydrogen-bond donors (Lipinski definition) is 5. The van der Waals surface area contributed by atoms with Gasteiger partial charge >= 0.3 is 0 Å². The Hall–Kier alpha value is -2.64. The van der Waals surface area contributed by atoms with Crippen molar-refractivity contribution < 1.29 is 23.7 Å². The first-order valence-corrected chi connectivity index (χ1v) is 13.9. The molecule has 5 N–H and O–H groups in total. The molecule has 1 aliphatic rings. The van der Waals surface area contributed by atoms with Crippen LogP contribution in [-0.4, -0.2) is 75.4 Å². The van der Waals surface area contributed by atoms with Crippen molar-refractivity contribution in [3.05, 3.63) is 30.5 Å². The molecule has 0 spiro atoms. The number of aromatic nitrogens is 4. The molecule has 1 fully saturated rings. The molecular formula is C24H34N6O5S. The van der Waals surface area contributed by atoms with Crippen molar-refractivity contribution in [2.45, 2.75) is 68.6 Å². The van der Waals surface area contributed by atoms with Crippen LogP contribution in [0.25, 0.3) is 22.3 Å². The molecule has 2 heterocycles. The van der Waals surface area contributed by atoms with Crippen molar-refractivity contribution in [3.8, 4) is 11.3 Å². The summed E-state index contributed by atoms with van der Waals surface area (Å²) in [6.07, 6.45) is 5.36. The number of aliphatic hydroxyl groups excluding tert-OH is 3. The molecule has 0 saturated heterocycles. The zero-order valence-electron chi connectivity index (χ0n) is 20.3. The van der Waals surface area contributed by atoms with Crippen molar-refractivity contribution in [1.29, 1.82) is 0 Å². The fraction of sp³-hybridized carbons (Fsp3) is 0.542. The Morgan fingerprint density at radius 1 is 1.17 bits per heavy atom. The van der Waals surface area contributed by atoms with E-state index in [1.54, 1.807) is 18.3 Å². The molecule has 4 rings (SSSR count).